The van der Waals surface area contributed by atoms with Gasteiger partial charge in [-0.3, -0.25) is 5.10 Å². The van der Waals surface area contributed by atoms with E-state index < -0.39 is 0 Å². The molecular weight excluding hydrogens is 514 g/mol. The van der Waals surface area contributed by atoms with Gasteiger partial charge in [-0.1, -0.05) is 24.3 Å². The van der Waals surface area contributed by atoms with Crippen LogP contribution in [0.15, 0.2) is 48.7 Å². The van der Waals surface area contributed by atoms with Gasteiger partial charge in [0.15, 0.2) is 17.0 Å². The Balaban J connectivity index is 1.04. The highest BCUT2D eigenvalue weighted by Gasteiger charge is 2.46. The molecular formula is C31H33N9O. The standard InChI is InChI=1S/C31H33N9O/c32-17-19-5-6-24-25(13-19)39(21-14-22(41)15-21)11-12-40(24)30-27-29(36-37-30)35-26(18-34-27)38-9-7-31(8-10-38)16-20-3-1-2-4-23(20)28(31)33/h1-6,13,18,21-22,28,41H,7-12,14-16,33H2,(H,35,36,37)/t21-,22-,28?. The van der Waals surface area contributed by atoms with Crippen LogP contribution in [0, 0.1) is 16.7 Å². The van der Waals surface area contributed by atoms with Crippen LogP contribution in [0.3, 0.4) is 0 Å². The third kappa shape index (κ3) is 3.80. The maximum atomic E-state index is 9.91. The fraction of sp³-hybridized carbons (Fsp3) is 0.419. The minimum absolute atomic E-state index is 0.0894. The topological polar surface area (TPSA) is 134 Å². The number of anilines is 4. The first-order valence-corrected chi connectivity index (χ1v) is 14.6. The van der Waals surface area contributed by atoms with E-state index in [1.807, 2.05) is 24.4 Å². The van der Waals surface area contributed by atoms with Crippen LogP contribution in [0.4, 0.5) is 23.0 Å². The number of aromatic nitrogens is 4. The van der Waals surface area contributed by atoms with Gasteiger partial charge < -0.3 is 25.5 Å². The SMILES string of the molecule is N#Cc1ccc2c(c1)N([C@H]1C[C@H](O)C1)CCN2c1n[nH]c2nc(N3CCC4(CC3)Cc3ccccc3C4N)cnc12. The maximum Gasteiger partial charge on any atom is 0.183 e. The van der Waals surface area contributed by atoms with E-state index in [1.54, 1.807) is 0 Å². The van der Waals surface area contributed by atoms with E-state index >= 15 is 0 Å². The van der Waals surface area contributed by atoms with Crippen LogP contribution < -0.4 is 20.4 Å². The van der Waals surface area contributed by atoms with E-state index in [0.29, 0.717) is 11.2 Å². The zero-order valence-electron chi connectivity index (χ0n) is 22.9. The van der Waals surface area contributed by atoms with E-state index in [1.165, 1.54) is 11.1 Å². The number of aliphatic hydroxyl groups is 1. The Hall–Kier alpha value is -4.20. The number of nitrogens with one attached hydrogen (secondary N) is 1. The van der Waals surface area contributed by atoms with Crippen LogP contribution in [0.2, 0.25) is 0 Å². The van der Waals surface area contributed by atoms with Crippen LogP contribution in [0.25, 0.3) is 11.2 Å². The molecule has 4 N–H and O–H groups in total. The fourth-order valence-electron chi connectivity index (χ4n) is 7.52. The summed E-state index contributed by atoms with van der Waals surface area (Å²) in [7, 11) is 0. The van der Waals surface area contributed by atoms with E-state index in [4.69, 9.17) is 15.7 Å². The molecule has 2 fully saturated rings. The van der Waals surface area contributed by atoms with Crippen molar-refractivity contribution >= 4 is 34.2 Å². The van der Waals surface area contributed by atoms with Gasteiger partial charge in [0.1, 0.15) is 5.82 Å². The Morgan fingerprint density at radius 3 is 2.66 bits per heavy atom. The number of hydrogen-bond acceptors (Lipinski definition) is 9. The van der Waals surface area contributed by atoms with Crippen molar-refractivity contribution in [3.8, 4) is 6.07 Å². The van der Waals surface area contributed by atoms with E-state index in [9.17, 15) is 10.4 Å². The zero-order chi connectivity index (χ0) is 27.7. The molecule has 0 amide bonds. The molecule has 208 valence electrons. The molecule has 1 spiro atoms. The summed E-state index contributed by atoms with van der Waals surface area (Å²) in [5.74, 6) is 1.60. The van der Waals surface area contributed by atoms with Gasteiger partial charge in [0.05, 0.1) is 35.3 Å². The van der Waals surface area contributed by atoms with Crippen molar-refractivity contribution in [3.63, 3.8) is 0 Å². The van der Waals surface area contributed by atoms with E-state index in [-0.39, 0.29) is 23.6 Å². The van der Waals surface area contributed by atoms with Gasteiger partial charge in [-0.2, -0.15) is 10.4 Å². The normalized spacial score (nSPS) is 24.7. The second kappa shape index (κ2) is 9.16. The lowest BCUT2D eigenvalue weighted by atomic mass is 9.73. The molecule has 41 heavy (non-hydrogen) atoms. The molecule has 1 saturated carbocycles. The number of nitrogens with zero attached hydrogens (tertiary/aromatic N) is 7. The van der Waals surface area contributed by atoms with Crippen molar-refractivity contribution in [2.45, 2.75) is 50.3 Å². The number of H-pyrrole nitrogens is 1. The highest BCUT2D eigenvalue weighted by atomic mass is 16.3. The smallest absolute Gasteiger partial charge is 0.183 e. The summed E-state index contributed by atoms with van der Waals surface area (Å²) in [5.41, 5.74) is 13.6. The molecule has 0 radical (unpaired) electrons. The summed E-state index contributed by atoms with van der Waals surface area (Å²) < 4.78 is 0. The first-order chi connectivity index (χ1) is 20.0. The van der Waals surface area contributed by atoms with Crippen molar-refractivity contribution in [2.75, 3.05) is 40.9 Å². The molecule has 1 saturated heterocycles. The number of aromatic amines is 1. The van der Waals surface area contributed by atoms with Gasteiger partial charge in [-0.15, -0.1) is 0 Å². The molecule has 2 aromatic carbocycles. The fourth-order valence-corrected chi connectivity index (χ4v) is 7.52. The summed E-state index contributed by atoms with van der Waals surface area (Å²) >= 11 is 0. The molecule has 0 bridgehead atoms. The minimum Gasteiger partial charge on any atom is -0.393 e. The second-order valence-electron chi connectivity index (χ2n) is 12.1. The number of nitriles is 1. The number of aliphatic hydroxyl groups excluding tert-OH is 1. The third-order valence-corrected chi connectivity index (χ3v) is 9.97. The number of rotatable bonds is 3. The Labute approximate surface area is 238 Å². The molecule has 10 nitrogen and oxygen atoms in total. The van der Waals surface area contributed by atoms with Gasteiger partial charge in [0, 0.05) is 38.3 Å². The molecule has 2 aromatic heterocycles. The Morgan fingerprint density at radius 2 is 1.88 bits per heavy atom. The molecule has 2 aliphatic carbocycles. The highest BCUT2D eigenvalue weighted by molar-refractivity contribution is 5.90. The lowest BCUT2D eigenvalue weighted by molar-refractivity contribution is 0.0732. The molecule has 1 unspecified atom stereocenters. The van der Waals surface area contributed by atoms with Crippen LogP contribution in [0.1, 0.15) is 48.4 Å². The summed E-state index contributed by atoms with van der Waals surface area (Å²) in [4.78, 5) is 16.6. The predicted octanol–water partition coefficient (Wildman–Crippen LogP) is 3.55. The number of fused-ring (bicyclic) bond motifs is 3. The van der Waals surface area contributed by atoms with Crippen molar-refractivity contribution in [1.82, 2.24) is 20.2 Å². The van der Waals surface area contributed by atoms with Gasteiger partial charge in [0.25, 0.3) is 0 Å². The van der Waals surface area contributed by atoms with Crippen molar-refractivity contribution in [1.29, 1.82) is 5.26 Å². The summed E-state index contributed by atoms with van der Waals surface area (Å²) in [6, 6.07) is 17.1. The van der Waals surface area contributed by atoms with Crippen molar-refractivity contribution in [3.05, 3.63) is 65.4 Å². The molecule has 4 heterocycles. The summed E-state index contributed by atoms with van der Waals surface area (Å²) in [6.45, 7) is 3.30. The van der Waals surface area contributed by atoms with Gasteiger partial charge >= 0.3 is 0 Å². The minimum atomic E-state index is -0.239. The number of nitrogens with two attached hydrogens (primary N) is 1. The van der Waals surface area contributed by atoms with Crippen LogP contribution in [0.5, 0.6) is 0 Å². The predicted molar refractivity (Wildman–Crippen MR) is 157 cm³/mol. The monoisotopic (exact) mass is 547 g/mol. The van der Waals surface area contributed by atoms with Gasteiger partial charge in [-0.05, 0) is 66.8 Å². The first-order valence-electron chi connectivity index (χ1n) is 14.6. The lowest BCUT2D eigenvalue weighted by Gasteiger charge is -2.47. The number of hydrogen-bond donors (Lipinski definition) is 3. The Morgan fingerprint density at radius 1 is 1.05 bits per heavy atom. The van der Waals surface area contributed by atoms with Crippen molar-refractivity contribution < 1.29 is 5.11 Å². The van der Waals surface area contributed by atoms with Gasteiger partial charge in [-0.25, -0.2) is 9.97 Å². The molecule has 2 aliphatic heterocycles. The quantitative estimate of drug-likeness (QED) is 0.352. The lowest BCUT2D eigenvalue weighted by Crippen LogP contribution is -2.52. The Bertz CT molecular complexity index is 1680. The molecule has 1 atom stereocenters. The van der Waals surface area contributed by atoms with E-state index in [2.05, 4.69) is 55.2 Å². The third-order valence-electron chi connectivity index (χ3n) is 9.97. The van der Waals surface area contributed by atoms with Crippen LogP contribution >= 0.6 is 0 Å². The summed E-state index contributed by atoms with van der Waals surface area (Å²) in [6.07, 6.45) is 6.25. The number of piperidine rings is 1. The average molecular weight is 548 g/mol. The van der Waals surface area contributed by atoms with E-state index in [0.717, 1.165) is 86.8 Å². The molecule has 8 rings (SSSR count). The molecule has 10 heteroatoms. The van der Waals surface area contributed by atoms with Crippen molar-refractivity contribution in [2.24, 2.45) is 11.1 Å². The average Bonchev–Trinajstić information content (AvgIpc) is 3.53. The second-order valence-corrected chi connectivity index (χ2v) is 12.1. The Kier molecular flexibility index (Phi) is 5.49. The molecule has 4 aromatic rings. The van der Waals surface area contributed by atoms with Crippen LogP contribution in [-0.4, -0.2) is 63.6 Å². The van der Waals surface area contributed by atoms with Gasteiger partial charge in [0.2, 0.25) is 0 Å². The largest absolute Gasteiger partial charge is 0.393 e. The first kappa shape index (κ1) is 24.6. The molecule has 4 aliphatic rings. The summed E-state index contributed by atoms with van der Waals surface area (Å²) in [5, 5.41) is 27.3. The highest BCUT2D eigenvalue weighted by Crippen LogP contribution is 2.51. The van der Waals surface area contributed by atoms with Crippen LogP contribution in [-0.2, 0) is 6.42 Å². The zero-order valence-corrected chi connectivity index (χ0v) is 22.9. The maximum absolute atomic E-state index is 9.91. The number of benzene rings is 2.